The van der Waals surface area contributed by atoms with E-state index in [0.717, 1.165) is 10.1 Å². The van der Waals surface area contributed by atoms with E-state index in [2.05, 4.69) is 5.43 Å². The smallest absolute Gasteiger partial charge is 0.293 e. The van der Waals surface area contributed by atoms with Gasteiger partial charge in [-0.15, -0.1) is 4.83 Å². The van der Waals surface area contributed by atoms with E-state index in [1.165, 1.54) is 31.5 Å². The van der Waals surface area contributed by atoms with Crippen molar-refractivity contribution < 1.29 is 17.9 Å². The van der Waals surface area contributed by atoms with E-state index in [0.29, 0.717) is 0 Å². The fourth-order valence-electron chi connectivity index (χ4n) is 1.89. The van der Waals surface area contributed by atoms with Crippen molar-refractivity contribution in [2.24, 2.45) is 0 Å². The Morgan fingerprint density at radius 2 is 1.88 bits per heavy atom. The lowest BCUT2D eigenvalue weighted by Gasteiger charge is -2.10. The molecule has 8 nitrogen and oxygen atoms in total. The number of sulfonamides is 1. The fourth-order valence-corrected chi connectivity index (χ4v) is 2.75. The van der Waals surface area contributed by atoms with E-state index in [-0.39, 0.29) is 17.2 Å². The van der Waals surface area contributed by atoms with Gasteiger partial charge in [0.15, 0.2) is 5.75 Å². The highest BCUT2D eigenvalue weighted by Crippen LogP contribution is 2.08. The summed E-state index contributed by atoms with van der Waals surface area (Å²) in [7, 11) is -2.54. The van der Waals surface area contributed by atoms with Gasteiger partial charge >= 0.3 is 0 Å². The summed E-state index contributed by atoms with van der Waals surface area (Å²) >= 11 is 0. The number of rotatable bonds is 6. The molecule has 2 aromatic rings. The van der Waals surface area contributed by atoms with Crippen LogP contribution in [0.1, 0.15) is 5.56 Å². The third kappa shape index (κ3) is 4.21. The monoisotopic (exact) mass is 351 g/mol. The summed E-state index contributed by atoms with van der Waals surface area (Å²) in [4.78, 5) is 25.8. The van der Waals surface area contributed by atoms with Gasteiger partial charge in [0.05, 0.1) is 12.0 Å². The van der Waals surface area contributed by atoms with Gasteiger partial charge in [-0.25, -0.2) is 8.42 Å². The van der Waals surface area contributed by atoms with Crippen molar-refractivity contribution in [1.29, 1.82) is 0 Å². The molecule has 24 heavy (non-hydrogen) atoms. The first-order valence-corrected chi connectivity index (χ1v) is 8.42. The van der Waals surface area contributed by atoms with Crippen LogP contribution in [0.4, 0.5) is 0 Å². The minimum Gasteiger partial charge on any atom is -0.491 e. The van der Waals surface area contributed by atoms with E-state index in [1.54, 1.807) is 18.2 Å². The normalized spacial score (nSPS) is 11.1. The van der Waals surface area contributed by atoms with E-state index in [9.17, 15) is 18.0 Å². The number of hydrazine groups is 1. The predicted molar refractivity (Wildman–Crippen MR) is 86.9 cm³/mol. The van der Waals surface area contributed by atoms with Crippen molar-refractivity contribution in [2.45, 2.75) is 18.4 Å². The Kier molecular flexibility index (Phi) is 5.37. The number of aromatic nitrogens is 1. The fraction of sp³-hybridized carbons (Fsp3) is 0.200. The SMILES string of the molecule is COc1cccn(CC(=O)NNS(=O)(=O)c2ccc(C)cc2)c1=O. The number of nitrogens with one attached hydrogen (secondary N) is 2. The number of carbonyl (C=O) groups is 1. The summed E-state index contributed by atoms with van der Waals surface area (Å²) in [5, 5.41) is 0. The number of aryl methyl sites for hydroxylation is 1. The van der Waals surface area contributed by atoms with E-state index in [4.69, 9.17) is 4.74 Å². The number of ether oxygens (including phenoxy) is 1. The Morgan fingerprint density at radius 1 is 1.21 bits per heavy atom. The van der Waals surface area contributed by atoms with Crippen LogP contribution in [-0.4, -0.2) is 26.0 Å². The van der Waals surface area contributed by atoms with E-state index < -0.39 is 21.5 Å². The molecular formula is C15H17N3O5S. The molecule has 1 amide bonds. The topological polar surface area (TPSA) is 106 Å². The lowest BCUT2D eigenvalue weighted by Crippen LogP contribution is -2.44. The molecule has 0 aliphatic carbocycles. The van der Waals surface area contributed by atoms with Crippen LogP contribution in [0, 0.1) is 6.92 Å². The standard InChI is InChI=1S/C15H17N3O5S/c1-11-5-7-12(8-6-11)24(21,22)17-16-14(19)10-18-9-3-4-13(23-2)15(18)20/h3-9,17H,10H2,1-2H3,(H,16,19). The lowest BCUT2D eigenvalue weighted by atomic mass is 10.2. The third-order valence-corrected chi connectivity index (χ3v) is 4.44. The van der Waals surface area contributed by atoms with E-state index in [1.807, 2.05) is 11.8 Å². The van der Waals surface area contributed by atoms with Gasteiger partial charge in [0, 0.05) is 6.20 Å². The molecule has 2 rings (SSSR count). The van der Waals surface area contributed by atoms with Gasteiger partial charge in [-0.2, -0.15) is 0 Å². The average molecular weight is 351 g/mol. The highest BCUT2D eigenvalue weighted by Gasteiger charge is 2.15. The number of amides is 1. The molecule has 0 saturated heterocycles. The molecule has 1 heterocycles. The van der Waals surface area contributed by atoms with Gasteiger partial charge in [0.2, 0.25) is 0 Å². The van der Waals surface area contributed by atoms with Crippen LogP contribution >= 0.6 is 0 Å². The van der Waals surface area contributed by atoms with Crippen molar-refractivity contribution in [3.8, 4) is 5.75 Å². The van der Waals surface area contributed by atoms with Crippen molar-refractivity contribution in [3.05, 3.63) is 58.5 Å². The maximum absolute atomic E-state index is 12.1. The number of benzene rings is 1. The quantitative estimate of drug-likeness (QED) is 0.722. The molecule has 128 valence electrons. The molecule has 0 saturated carbocycles. The highest BCUT2D eigenvalue weighted by molar-refractivity contribution is 7.89. The van der Waals surface area contributed by atoms with Crippen molar-refractivity contribution in [1.82, 2.24) is 14.8 Å². The van der Waals surface area contributed by atoms with Crippen molar-refractivity contribution in [3.63, 3.8) is 0 Å². The van der Waals surface area contributed by atoms with Gasteiger partial charge < -0.3 is 9.30 Å². The summed E-state index contributed by atoms with van der Waals surface area (Å²) in [6, 6.07) is 9.16. The number of pyridine rings is 1. The second-order valence-corrected chi connectivity index (χ2v) is 6.66. The van der Waals surface area contributed by atoms with Crippen LogP contribution in [0.2, 0.25) is 0 Å². The van der Waals surface area contributed by atoms with Gasteiger partial charge in [-0.3, -0.25) is 15.0 Å². The van der Waals surface area contributed by atoms with Gasteiger partial charge in [0.25, 0.3) is 21.5 Å². The summed E-state index contributed by atoms with van der Waals surface area (Å²) in [5.41, 5.74) is 2.49. The van der Waals surface area contributed by atoms with E-state index >= 15 is 0 Å². The Bertz CT molecular complexity index is 888. The molecule has 0 atom stereocenters. The molecule has 1 aromatic carbocycles. The maximum atomic E-state index is 12.1. The number of hydrogen-bond donors (Lipinski definition) is 2. The second kappa shape index (κ2) is 7.28. The third-order valence-electron chi connectivity index (χ3n) is 3.18. The summed E-state index contributed by atoms with van der Waals surface area (Å²) in [6.07, 6.45) is 1.40. The van der Waals surface area contributed by atoms with Crippen LogP contribution in [0.25, 0.3) is 0 Å². The number of hydrogen-bond acceptors (Lipinski definition) is 5. The first-order chi connectivity index (χ1) is 11.3. The van der Waals surface area contributed by atoms with Crippen LogP contribution in [0.3, 0.4) is 0 Å². The Balaban J connectivity index is 2.03. The van der Waals surface area contributed by atoms with Crippen LogP contribution in [0.15, 0.2) is 52.3 Å². The predicted octanol–water partition coefficient (Wildman–Crippen LogP) is 0.175. The minimum atomic E-state index is -3.88. The molecular weight excluding hydrogens is 334 g/mol. The molecule has 0 aliphatic heterocycles. The lowest BCUT2D eigenvalue weighted by molar-refractivity contribution is -0.122. The van der Waals surface area contributed by atoms with Crippen LogP contribution < -0.4 is 20.6 Å². The summed E-state index contributed by atoms with van der Waals surface area (Å²) in [6.45, 7) is 1.48. The Hall–Kier alpha value is -2.65. The van der Waals surface area contributed by atoms with Gasteiger partial charge in [-0.1, -0.05) is 17.7 Å². The highest BCUT2D eigenvalue weighted by atomic mass is 32.2. The summed E-state index contributed by atoms with van der Waals surface area (Å²) in [5.74, 6) is -0.605. The molecule has 9 heteroatoms. The van der Waals surface area contributed by atoms with Crippen molar-refractivity contribution in [2.75, 3.05) is 7.11 Å². The van der Waals surface area contributed by atoms with Gasteiger partial charge in [0.1, 0.15) is 6.54 Å². The molecule has 0 aliphatic rings. The molecule has 0 spiro atoms. The Labute approximate surface area is 139 Å². The molecule has 0 radical (unpaired) electrons. The minimum absolute atomic E-state index is 0.0203. The second-order valence-electron chi connectivity index (χ2n) is 4.98. The van der Waals surface area contributed by atoms with Crippen LogP contribution in [0.5, 0.6) is 5.75 Å². The Morgan fingerprint density at radius 3 is 2.50 bits per heavy atom. The molecule has 0 unspecified atom stereocenters. The van der Waals surface area contributed by atoms with Crippen LogP contribution in [-0.2, 0) is 21.4 Å². The maximum Gasteiger partial charge on any atom is 0.293 e. The number of carbonyl (C=O) groups excluding carboxylic acids is 1. The molecule has 2 N–H and O–H groups in total. The molecule has 0 fully saturated rings. The number of methoxy groups -OCH3 is 1. The average Bonchev–Trinajstić information content (AvgIpc) is 2.55. The zero-order chi connectivity index (χ0) is 17.7. The first-order valence-electron chi connectivity index (χ1n) is 6.94. The number of nitrogens with zero attached hydrogens (tertiary/aromatic N) is 1. The zero-order valence-corrected chi connectivity index (χ0v) is 14.0. The summed E-state index contributed by atoms with van der Waals surface area (Å²) < 4.78 is 30.1. The largest absolute Gasteiger partial charge is 0.491 e. The van der Waals surface area contributed by atoms with Crippen molar-refractivity contribution >= 4 is 15.9 Å². The first kappa shape index (κ1) is 17.7. The van der Waals surface area contributed by atoms with Gasteiger partial charge in [-0.05, 0) is 31.2 Å². The zero-order valence-electron chi connectivity index (χ0n) is 13.1. The molecule has 1 aromatic heterocycles. The molecule has 0 bridgehead atoms.